The summed E-state index contributed by atoms with van der Waals surface area (Å²) in [6.07, 6.45) is 0.568. The van der Waals surface area contributed by atoms with E-state index >= 15 is 0 Å². The van der Waals surface area contributed by atoms with Gasteiger partial charge in [-0.25, -0.2) is 0 Å². The first-order chi connectivity index (χ1) is 3.83. The molecule has 1 rings (SSSR count). The highest BCUT2D eigenvalue weighted by atomic mass is 16.6. The molecule has 1 fully saturated rings. The van der Waals surface area contributed by atoms with Crippen LogP contribution in [0.15, 0.2) is 0 Å². The molecule has 0 radical (unpaired) electrons. The average Bonchev–Trinajstić information content (AvgIpc) is 2.50. The highest BCUT2D eigenvalue weighted by molar-refractivity contribution is 5.70. The minimum atomic E-state index is -0.187. The van der Waals surface area contributed by atoms with Crippen LogP contribution in [0, 0.1) is 0 Å². The van der Waals surface area contributed by atoms with Gasteiger partial charge in [-0.05, 0) is 0 Å². The SMILES string of the molecule is COC(=O)C[C@@H]1CO1. The van der Waals surface area contributed by atoms with Crippen LogP contribution in [0.1, 0.15) is 6.42 Å². The van der Waals surface area contributed by atoms with E-state index in [0.717, 1.165) is 6.61 Å². The fourth-order valence-electron chi connectivity index (χ4n) is 0.455. The van der Waals surface area contributed by atoms with Crippen molar-refractivity contribution in [3.05, 3.63) is 0 Å². The molecule has 0 bridgehead atoms. The monoisotopic (exact) mass is 116 g/mol. The Labute approximate surface area is 47.6 Å². The molecular formula is C5H8O3. The fourth-order valence-corrected chi connectivity index (χ4v) is 0.455. The summed E-state index contributed by atoms with van der Waals surface area (Å²) in [5, 5.41) is 0. The molecule has 0 aromatic heterocycles. The van der Waals surface area contributed by atoms with Crippen LogP contribution in [-0.2, 0) is 14.3 Å². The minimum Gasteiger partial charge on any atom is -0.469 e. The van der Waals surface area contributed by atoms with Gasteiger partial charge in [0.2, 0.25) is 0 Å². The summed E-state index contributed by atoms with van der Waals surface area (Å²) in [5.41, 5.74) is 0. The van der Waals surface area contributed by atoms with Gasteiger partial charge in [0.15, 0.2) is 0 Å². The lowest BCUT2D eigenvalue weighted by Gasteiger charge is -1.91. The van der Waals surface area contributed by atoms with Crippen LogP contribution in [0.25, 0.3) is 0 Å². The average molecular weight is 116 g/mol. The molecule has 0 N–H and O–H groups in total. The lowest BCUT2D eigenvalue weighted by atomic mass is 10.3. The zero-order valence-electron chi connectivity index (χ0n) is 4.72. The van der Waals surface area contributed by atoms with E-state index in [1.54, 1.807) is 0 Å². The molecule has 0 aliphatic carbocycles. The van der Waals surface area contributed by atoms with Crippen LogP contribution in [0.4, 0.5) is 0 Å². The normalized spacial score (nSPS) is 24.9. The minimum absolute atomic E-state index is 0.155. The Balaban J connectivity index is 2.07. The molecule has 0 saturated carbocycles. The summed E-state index contributed by atoms with van der Waals surface area (Å²) in [4.78, 5) is 10.4. The number of carbonyl (C=O) groups excluding carboxylic acids is 1. The van der Waals surface area contributed by atoms with Crippen molar-refractivity contribution in [2.75, 3.05) is 13.7 Å². The summed E-state index contributed by atoms with van der Waals surface area (Å²) in [7, 11) is 1.38. The predicted octanol–water partition coefficient (Wildman–Crippen LogP) is -0.0517. The fraction of sp³-hybridized carbons (Fsp3) is 0.800. The molecule has 1 atom stereocenters. The van der Waals surface area contributed by atoms with Crippen molar-refractivity contribution in [1.82, 2.24) is 0 Å². The van der Waals surface area contributed by atoms with Crippen molar-refractivity contribution in [3.8, 4) is 0 Å². The quantitative estimate of drug-likeness (QED) is 0.375. The summed E-state index contributed by atoms with van der Waals surface area (Å²) in [6.45, 7) is 0.717. The Kier molecular flexibility index (Phi) is 1.48. The molecule has 1 aliphatic rings. The van der Waals surface area contributed by atoms with E-state index in [9.17, 15) is 4.79 Å². The molecule has 0 aromatic rings. The van der Waals surface area contributed by atoms with Gasteiger partial charge in [-0.2, -0.15) is 0 Å². The van der Waals surface area contributed by atoms with Gasteiger partial charge in [0.25, 0.3) is 0 Å². The van der Waals surface area contributed by atoms with E-state index in [-0.39, 0.29) is 12.1 Å². The van der Waals surface area contributed by atoms with Gasteiger partial charge < -0.3 is 9.47 Å². The zero-order chi connectivity index (χ0) is 5.98. The first kappa shape index (κ1) is 5.56. The number of methoxy groups -OCH3 is 1. The first-order valence-corrected chi connectivity index (χ1v) is 2.51. The highest BCUT2D eigenvalue weighted by Gasteiger charge is 2.25. The summed E-state index contributed by atoms with van der Waals surface area (Å²) in [6, 6.07) is 0. The van der Waals surface area contributed by atoms with Gasteiger partial charge in [0, 0.05) is 0 Å². The molecule has 3 nitrogen and oxygen atoms in total. The second kappa shape index (κ2) is 2.13. The van der Waals surface area contributed by atoms with Crippen LogP contribution in [-0.4, -0.2) is 25.8 Å². The van der Waals surface area contributed by atoms with Crippen molar-refractivity contribution in [2.45, 2.75) is 12.5 Å². The Morgan fingerprint density at radius 1 is 2.00 bits per heavy atom. The third kappa shape index (κ3) is 1.50. The molecule has 1 aliphatic heterocycles. The third-order valence-electron chi connectivity index (χ3n) is 1.02. The van der Waals surface area contributed by atoms with E-state index in [0.29, 0.717) is 6.42 Å². The van der Waals surface area contributed by atoms with Crippen molar-refractivity contribution >= 4 is 5.97 Å². The number of ether oxygens (including phenoxy) is 2. The summed E-state index contributed by atoms with van der Waals surface area (Å²) in [5.74, 6) is -0.187. The molecule has 3 heteroatoms. The predicted molar refractivity (Wildman–Crippen MR) is 26.4 cm³/mol. The third-order valence-corrected chi connectivity index (χ3v) is 1.02. The van der Waals surface area contributed by atoms with Crippen molar-refractivity contribution < 1.29 is 14.3 Å². The number of rotatable bonds is 2. The van der Waals surface area contributed by atoms with Gasteiger partial charge in [-0.1, -0.05) is 0 Å². The number of esters is 1. The van der Waals surface area contributed by atoms with Crippen molar-refractivity contribution in [2.24, 2.45) is 0 Å². The van der Waals surface area contributed by atoms with Crippen LogP contribution in [0.2, 0.25) is 0 Å². The lowest BCUT2D eigenvalue weighted by molar-refractivity contribution is -0.140. The Hall–Kier alpha value is -0.570. The number of epoxide rings is 1. The second-order valence-electron chi connectivity index (χ2n) is 1.74. The topological polar surface area (TPSA) is 38.8 Å². The van der Waals surface area contributed by atoms with E-state index in [1.807, 2.05) is 0 Å². The molecule has 1 heterocycles. The Bertz CT molecular complexity index is 95.8. The maximum atomic E-state index is 10.4. The second-order valence-corrected chi connectivity index (χ2v) is 1.74. The molecule has 0 aromatic carbocycles. The van der Waals surface area contributed by atoms with Crippen LogP contribution in [0.3, 0.4) is 0 Å². The van der Waals surface area contributed by atoms with Crippen LogP contribution in [0.5, 0.6) is 0 Å². The largest absolute Gasteiger partial charge is 0.469 e. The number of carbonyl (C=O) groups is 1. The summed E-state index contributed by atoms with van der Waals surface area (Å²) >= 11 is 0. The zero-order valence-corrected chi connectivity index (χ0v) is 4.72. The molecular weight excluding hydrogens is 108 g/mol. The smallest absolute Gasteiger partial charge is 0.308 e. The first-order valence-electron chi connectivity index (χ1n) is 2.51. The van der Waals surface area contributed by atoms with E-state index < -0.39 is 0 Å². The van der Waals surface area contributed by atoms with Gasteiger partial charge in [0.1, 0.15) is 0 Å². The molecule has 1 saturated heterocycles. The maximum Gasteiger partial charge on any atom is 0.308 e. The Morgan fingerprint density at radius 3 is 3.00 bits per heavy atom. The van der Waals surface area contributed by atoms with Gasteiger partial charge in [0.05, 0.1) is 26.2 Å². The molecule has 0 unspecified atom stereocenters. The highest BCUT2D eigenvalue weighted by Crippen LogP contribution is 2.13. The number of hydrogen-bond donors (Lipinski definition) is 0. The summed E-state index contributed by atoms with van der Waals surface area (Å²) < 4.78 is 9.16. The van der Waals surface area contributed by atoms with E-state index in [1.165, 1.54) is 7.11 Å². The van der Waals surface area contributed by atoms with Crippen LogP contribution < -0.4 is 0 Å². The molecule has 0 spiro atoms. The van der Waals surface area contributed by atoms with Gasteiger partial charge >= 0.3 is 5.97 Å². The van der Waals surface area contributed by atoms with Crippen molar-refractivity contribution in [3.63, 3.8) is 0 Å². The van der Waals surface area contributed by atoms with E-state index in [4.69, 9.17) is 4.74 Å². The number of hydrogen-bond acceptors (Lipinski definition) is 3. The molecule has 8 heavy (non-hydrogen) atoms. The molecule has 46 valence electrons. The standard InChI is InChI=1S/C5H8O3/c1-7-5(6)2-4-3-8-4/h4H,2-3H2,1H3/t4-/m1/s1. The van der Waals surface area contributed by atoms with Gasteiger partial charge in [-0.3, -0.25) is 4.79 Å². The van der Waals surface area contributed by atoms with Gasteiger partial charge in [-0.15, -0.1) is 0 Å². The Morgan fingerprint density at radius 2 is 2.62 bits per heavy atom. The van der Waals surface area contributed by atoms with Crippen molar-refractivity contribution in [1.29, 1.82) is 0 Å². The van der Waals surface area contributed by atoms with E-state index in [2.05, 4.69) is 4.74 Å². The maximum absolute atomic E-state index is 10.4. The van der Waals surface area contributed by atoms with Crippen LogP contribution >= 0.6 is 0 Å². The lowest BCUT2D eigenvalue weighted by Crippen LogP contribution is -2.03. The molecule has 0 amide bonds.